The summed E-state index contributed by atoms with van der Waals surface area (Å²) in [7, 11) is 1.43. The maximum absolute atomic E-state index is 11.6. The van der Waals surface area contributed by atoms with Crippen molar-refractivity contribution in [2.24, 2.45) is 0 Å². The first-order valence-electron chi connectivity index (χ1n) is 10.3. The van der Waals surface area contributed by atoms with Gasteiger partial charge in [0.15, 0.2) is 0 Å². The van der Waals surface area contributed by atoms with Crippen LogP contribution in [0.15, 0.2) is 24.3 Å². The van der Waals surface area contributed by atoms with Gasteiger partial charge in [-0.05, 0) is 50.0 Å². The summed E-state index contributed by atoms with van der Waals surface area (Å²) in [6.07, 6.45) is 5.13. The topological polar surface area (TPSA) is 125 Å². The maximum atomic E-state index is 11.6. The van der Waals surface area contributed by atoms with E-state index >= 15 is 0 Å². The molecular formula is C21H30N2O7S. The van der Waals surface area contributed by atoms with Gasteiger partial charge in [0.1, 0.15) is 11.8 Å². The van der Waals surface area contributed by atoms with E-state index in [4.69, 9.17) is 29.3 Å². The van der Waals surface area contributed by atoms with E-state index in [9.17, 15) is 4.79 Å². The van der Waals surface area contributed by atoms with E-state index in [1.165, 1.54) is 39.5 Å². The molecule has 0 bridgehead atoms. The normalized spacial score (nSPS) is 20.9. The highest BCUT2D eigenvalue weighted by Crippen LogP contribution is 2.33. The molecule has 0 spiro atoms. The van der Waals surface area contributed by atoms with E-state index < -0.39 is 11.9 Å². The molecule has 3 N–H and O–H groups in total. The minimum Gasteiger partial charge on any atom is -0.494 e. The zero-order valence-electron chi connectivity index (χ0n) is 17.6. The predicted molar refractivity (Wildman–Crippen MR) is 116 cm³/mol. The van der Waals surface area contributed by atoms with Crippen molar-refractivity contribution in [3.8, 4) is 5.75 Å². The molecule has 2 heterocycles. The lowest BCUT2D eigenvalue weighted by Crippen LogP contribution is -2.34. The first kappa shape index (κ1) is 25.0. The van der Waals surface area contributed by atoms with Crippen molar-refractivity contribution >= 4 is 29.7 Å². The highest BCUT2D eigenvalue weighted by molar-refractivity contribution is 7.99. The van der Waals surface area contributed by atoms with Crippen LogP contribution in [0.3, 0.4) is 0 Å². The van der Waals surface area contributed by atoms with Crippen molar-refractivity contribution < 1.29 is 34.1 Å². The Kier molecular flexibility index (Phi) is 10.6. The largest absolute Gasteiger partial charge is 0.494 e. The smallest absolute Gasteiger partial charge is 0.414 e. The second kappa shape index (κ2) is 13.2. The molecule has 0 saturated carbocycles. The van der Waals surface area contributed by atoms with E-state index in [0.717, 1.165) is 36.6 Å². The molecule has 0 aromatic heterocycles. The first-order chi connectivity index (χ1) is 14.9. The van der Waals surface area contributed by atoms with Crippen LogP contribution < -0.4 is 10.1 Å². The number of nitrogens with zero attached hydrogens (tertiary/aromatic N) is 1. The number of carboxylic acid groups (broad SMARTS) is 2. The Morgan fingerprint density at radius 1 is 1.10 bits per heavy atom. The molecule has 2 aliphatic rings. The molecule has 2 fully saturated rings. The molecule has 2 unspecified atom stereocenters. The average Bonchev–Trinajstić information content (AvgIpc) is 3.28. The van der Waals surface area contributed by atoms with E-state index in [1.807, 2.05) is 12.1 Å². The van der Waals surface area contributed by atoms with Crippen molar-refractivity contribution in [3.05, 3.63) is 29.8 Å². The number of piperidine rings is 1. The number of esters is 1. The molecule has 3 rings (SSSR count). The lowest BCUT2D eigenvalue weighted by atomic mass is 10.1. The van der Waals surface area contributed by atoms with Gasteiger partial charge in [0, 0.05) is 12.3 Å². The fourth-order valence-corrected chi connectivity index (χ4v) is 4.57. The van der Waals surface area contributed by atoms with Gasteiger partial charge in [-0.2, -0.15) is 0 Å². The minimum absolute atomic E-state index is 0.136. The van der Waals surface area contributed by atoms with Gasteiger partial charge in [-0.25, -0.2) is 9.59 Å². The van der Waals surface area contributed by atoms with Crippen LogP contribution in [0.4, 0.5) is 0 Å². The Morgan fingerprint density at radius 2 is 1.74 bits per heavy atom. The van der Waals surface area contributed by atoms with E-state index in [2.05, 4.69) is 22.3 Å². The standard InChI is InChI=1S/C19H28N2O3S.C2H2O4/c1-23-19(22)17-14-25-18(20-17)15-6-8-16(9-7-15)24-13-5-12-21-10-3-2-4-11-21;3-1(4)2(5)6/h6-9,17-18,20H,2-5,10-14H2,1H3;(H,3,4)(H,5,6). The van der Waals surface area contributed by atoms with Gasteiger partial charge in [0.25, 0.3) is 0 Å². The van der Waals surface area contributed by atoms with E-state index in [-0.39, 0.29) is 17.4 Å². The summed E-state index contributed by atoms with van der Waals surface area (Å²) >= 11 is 1.73. The molecule has 31 heavy (non-hydrogen) atoms. The zero-order chi connectivity index (χ0) is 22.6. The summed E-state index contributed by atoms with van der Waals surface area (Å²) in [5.74, 6) is -2.19. The lowest BCUT2D eigenvalue weighted by molar-refractivity contribution is -0.159. The minimum atomic E-state index is -1.82. The van der Waals surface area contributed by atoms with Gasteiger partial charge in [0.05, 0.1) is 19.1 Å². The zero-order valence-corrected chi connectivity index (χ0v) is 18.4. The fourth-order valence-electron chi connectivity index (χ4n) is 3.34. The van der Waals surface area contributed by atoms with Crippen LogP contribution in [0.25, 0.3) is 0 Å². The Hall–Kier alpha value is -2.30. The number of carbonyl (C=O) groups is 3. The monoisotopic (exact) mass is 454 g/mol. The summed E-state index contributed by atoms with van der Waals surface area (Å²) in [5, 5.41) is 18.2. The van der Waals surface area contributed by atoms with Crippen molar-refractivity contribution in [1.82, 2.24) is 10.2 Å². The van der Waals surface area contributed by atoms with Crippen molar-refractivity contribution in [1.29, 1.82) is 0 Å². The van der Waals surface area contributed by atoms with Gasteiger partial charge >= 0.3 is 17.9 Å². The maximum Gasteiger partial charge on any atom is 0.414 e. The van der Waals surface area contributed by atoms with Crippen LogP contribution in [0.1, 0.15) is 36.6 Å². The number of hydrogen-bond acceptors (Lipinski definition) is 8. The Balaban J connectivity index is 0.000000501. The van der Waals surface area contributed by atoms with Gasteiger partial charge in [-0.1, -0.05) is 18.6 Å². The van der Waals surface area contributed by atoms with Gasteiger partial charge in [-0.15, -0.1) is 11.8 Å². The summed E-state index contributed by atoms with van der Waals surface area (Å²) in [4.78, 5) is 32.3. The van der Waals surface area contributed by atoms with Crippen molar-refractivity contribution in [3.63, 3.8) is 0 Å². The third-order valence-corrected chi connectivity index (χ3v) is 6.24. The summed E-state index contributed by atoms with van der Waals surface area (Å²) in [5.41, 5.74) is 1.16. The number of hydrogen-bond donors (Lipinski definition) is 3. The van der Waals surface area contributed by atoms with Gasteiger partial charge in [-0.3, -0.25) is 10.1 Å². The number of likely N-dealkylation sites (tertiary alicyclic amines) is 1. The quantitative estimate of drug-likeness (QED) is 0.320. The van der Waals surface area contributed by atoms with Crippen LogP contribution in [0.2, 0.25) is 0 Å². The molecule has 9 nitrogen and oxygen atoms in total. The van der Waals surface area contributed by atoms with Gasteiger partial charge in [0.2, 0.25) is 0 Å². The Labute approximate surface area is 186 Å². The molecule has 172 valence electrons. The number of nitrogens with one attached hydrogen (secondary N) is 1. The number of carbonyl (C=O) groups excluding carboxylic acids is 1. The lowest BCUT2D eigenvalue weighted by Gasteiger charge is -2.26. The van der Waals surface area contributed by atoms with E-state index in [1.54, 1.807) is 11.8 Å². The Bertz CT molecular complexity index is 711. The summed E-state index contributed by atoms with van der Waals surface area (Å²) < 4.78 is 10.7. The molecule has 2 atom stereocenters. The third-order valence-electron chi connectivity index (χ3n) is 4.97. The number of ether oxygens (including phenoxy) is 2. The number of methoxy groups -OCH3 is 1. The van der Waals surface area contributed by atoms with Crippen LogP contribution in [0, 0.1) is 0 Å². The Morgan fingerprint density at radius 3 is 2.32 bits per heavy atom. The molecular weight excluding hydrogens is 424 g/mol. The number of benzene rings is 1. The molecule has 2 aliphatic heterocycles. The predicted octanol–water partition coefficient (Wildman–Crippen LogP) is 1.97. The summed E-state index contributed by atoms with van der Waals surface area (Å²) in [6.45, 7) is 4.38. The summed E-state index contributed by atoms with van der Waals surface area (Å²) in [6, 6.07) is 7.97. The van der Waals surface area contributed by atoms with Crippen LogP contribution in [0.5, 0.6) is 5.75 Å². The number of rotatable bonds is 7. The molecule has 0 aliphatic carbocycles. The molecule has 10 heteroatoms. The first-order valence-corrected chi connectivity index (χ1v) is 11.3. The molecule has 2 saturated heterocycles. The van der Waals surface area contributed by atoms with Crippen molar-refractivity contribution in [2.75, 3.05) is 39.1 Å². The number of aliphatic carboxylic acids is 2. The molecule has 0 amide bonds. The fraction of sp³-hybridized carbons (Fsp3) is 0.571. The SMILES string of the molecule is COC(=O)C1CSC(c2ccc(OCCCN3CCCCC3)cc2)N1.O=C(O)C(=O)O. The second-order valence-corrected chi connectivity index (χ2v) is 8.38. The van der Waals surface area contributed by atoms with E-state index in [0.29, 0.717) is 0 Å². The van der Waals surface area contributed by atoms with Crippen LogP contribution in [-0.2, 0) is 19.1 Å². The molecule has 1 aromatic carbocycles. The van der Waals surface area contributed by atoms with Crippen molar-refractivity contribution in [2.45, 2.75) is 37.1 Å². The molecule has 1 aromatic rings. The highest BCUT2D eigenvalue weighted by atomic mass is 32.2. The average molecular weight is 455 g/mol. The number of thioether (sulfide) groups is 1. The second-order valence-electron chi connectivity index (χ2n) is 7.24. The highest BCUT2D eigenvalue weighted by Gasteiger charge is 2.31. The van der Waals surface area contributed by atoms with Crippen LogP contribution >= 0.6 is 11.8 Å². The van der Waals surface area contributed by atoms with Gasteiger partial charge < -0.3 is 24.6 Å². The number of carboxylic acids is 2. The van der Waals surface area contributed by atoms with Crippen LogP contribution in [-0.4, -0.2) is 78.2 Å². The molecule has 0 radical (unpaired) electrons. The third kappa shape index (κ3) is 8.76.